The molecule has 1 aliphatic rings. The van der Waals surface area contributed by atoms with Gasteiger partial charge in [-0.25, -0.2) is 0 Å². The molecule has 1 aliphatic heterocycles. The quantitative estimate of drug-likeness (QED) is 0.926. The fourth-order valence-corrected chi connectivity index (χ4v) is 3.04. The first-order valence-corrected chi connectivity index (χ1v) is 8.30. The van der Waals surface area contributed by atoms with Crippen molar-refractivity contribution in [2.45, 2.75) is 19.9 Å². The maximum absolute atomic E-state index is 12.4. The summed E-state index contributed by atoms with van der Waals surface area (Å²) in [5, 5.41) is 3.57. The van der Waals surface area contributed by atoms with Crippen molar-refractivity contribution in [2.75, 3.05) is 11.4 Å². The van der Waals surface area contributed by atoms with Gasteiger partial charge < -0.3 is 10.2 Å². The predicted octanol–water partition coefficient (Wildman–Crippen LogP) is 3.32. The highest BCUT2D eigenvalue weighted by Gasteiger charge is 2.35. The van der Waals surface area contributed by atoms with Crippen LogP contribution in [0.4, 0.5) is 5.69 Å². The van der Waals surface area contributed by atoms with Crippen LogP contribution in [0.3, 0.4) is 0 Å². The molecule has 124 valence electrons. The number of nitrogens with one attached hydrogen (secondary N) is 1. The van der Waals surface area contributed by atoms with Gasteiger partial charge in [-0.1, -0.05) is 41.9 Å². The molecule has 0 radical (unpaired) electrons. The summed E-state index contributed by atoms with van der Waals surface area (Å²) >= 11 is 5.85. The number of nitrogens with zero attached hydrogens (tertiary/aromatic N) is 1. The van der Waals surface area contributed by atoms with Gasteiger partial charge in [0, 0.05) is 30.2 Å². The highest BCUT2D eigenvalue weighted by Crippen LogP contribution is 2.27. The minimum absolute atomic E-state index is 0.00376. The minimum Gasteiger partial charge on any atom is -0.352 e. The molecule has 4 nitrogen and oxygen atoms in total. The van der Waals surface area contributed by atoms with Crippen molar-refractivity contribution < 1.29 is 9.59 Å². The number of halogens is 1. The van der Waals surface area contributed by atoms with E-state index in [9.17, 15) is 9.59 Å². The van der Waals surface area contributed by atoms with Gasteiger partial charge in [-0.3, -0.25) is 9.59 Å². The molecule has 3 rings (SSSR count). The van der Waals surface area contributed by atoms with E-state index >= 15 is 0 Å². The Balaban J connectivity index is 1.62. The maximum Gasteiger partial charge on any atom is 0.227 e. The monoisotopic (exact) mass is 342 g/mol. The van der Waals surface area contributed by atoms with E-state index in [0.717, 1.165) is 16.8 Å². The molecule has 0 saturated carbocycles. The van der Waals surface area contributed by atoms with Gasteiger partial charge in [-0.05, 0) is 36.2 Å². The zero-order valence-electron chi connectivity index (χ0n) is 13.5. The topological polar surface area (TPSA) is 49.4 Å². The number of rotatable bonds is 4. The Hall–Kier alpha value is -2.33. The van der Waals surface area contributed by atoms with Gasteiger partial charge in [0.2, 0.25) is 11.8 Å². The van der Waals surface area contributed by atoms with Crippen molar-refractivity contribution in [2.24, 2.45) is 5.92 Å². The van der Waals surface area contributed by atoms with Crippen molar-refractivity contribution >= 4 is 29.1 Å². The van der Waals surface area contributed by atoms with Gasteiger partial charge in [0.05, 0.1) is 5.92 Å². The first-order valence-electron chi connectivity index (χ1n) is 7.93. The van der Waals surface area contributed by atoms with E-state index in [1.807, 2.05) is 43.3 Å². The molecule has 1 atom stereocenters. The van der Waals surface area contributed by atoms with Gasteiger partial charge in [-0.15, -0.1) is 0 Å². The molecular formula is C19H19ClN2O2. The van der Waals surface area contributed by atoms with Crippen molar-refractivity contribution in [3.63, 3.8) is 0 Å². The number of aryl methyl sites for hydroxylation is 1. The summed E-state index contributed by atoms with van der Waals surface area (Å²) in [5.74, 6) is -0.408. The molecule has 1 heterocycles. The van der Waals surface area contributed by atoms with Gasteiger partial charge in [0.15, 0.2) is 0 Å². The Morgan fingerprint density at radius 2 is 1.92 bits per heavy atom. The average Bonchev–Trinajstić information content (AvgIpc) is 2.96. The van der Waals surface area contributed by atoms with Crippen molar-refractivity contribution in [1.29, 1.82) is 0 Å². The van der Waals surface area contributed by atoms with Crippen LogP contribution in [-0.4, -0.2) is 18.4 Å². The molecule has 5 heteroatoms. The van der Waals surface area contributed by atoms with Crippen LogP contribution in [0.1, 0.15) is 17.5 Å². The SMILES string of the molecule is Cc1ccccc1N1C[C@@H](C(=O)NCc2ccc(Cl)cc2)CC1=O. The molecule has 0 aliphatic carbocycles. The lowest BCUT2D eigenvalue weighted by Crippen LogP contribution is -2.32. The highest BCUT2D eigenvalue weighted by molar-refractivity contribution is 6.30. The van der Waals surface area contributed by atoms with Crippen molar-refractivity contribution in [3.8, 4) is 0 Å². The van der Waals surface area contributed by atoms with E-state index in [2.05, 4.69) is 5.32 Å². The lowest BCUT2D eigenvalue weighted by Gasteiger charge is -2.19. The summed E-state index contributed by atoms with van der Waals surface area (Å²) in [7, 11) is 0. The number of hydrogen-bond acceptors (Lipinski definition) is 2. The molecule has 0 spiro atoms. The first-order chi connectivity index (χ1) is 11.5. The summed E-state index contributed by atoms with van der Waals surface area (Å²) < 4.78 is 0. The van der Waals surface area contributed by atoms with Gasteiger partial charge >= 0.3 is 0 Å². The summed E-state index contributed by atoms with van der Waals surface area (Å²) in [6.45, 7) is 2.83. The lowest BCUT2D eigenvalue weighted by molar-refractivity contribution is -0.126. The van der Waals surface area contributed by atoms with Crippen LogP contribution in [0.5, 0.6) is 0 Å². The maximum atomic E-state index is 12.4. The second-order valence-corrected chi connectivity index (χ2v) is 6.47. The van der Waals surface area contributed by atoms with E-state index in [-0.39, 0.29) is 24.2 Å². The number of hydrogen-bond donors (Lipinski definition) is 1. The second kappa shape index (κ2) is 7.05. The minimum atomic E-state index is -0.315. The van der Waals surface area contributed by atoms with E-state index in [0.29, 0.717) is 18.1 Å². The Labute approximate surface area is 146 Å². The number of carbonyl (C=O) groups excluding carboxylic acids is 2. The fourth-order valence-electron chi connectivity index (χ4n) is 2.92. The van der Waals surface area contributed by atoms with Crippen LogP contribution in [0.2, 0.25) is 5.02 Å². The number of anilines is 1. The third-order valence-electron chi connectivity index (χ3n) is 4.28. The molecule has 1 saturated heterocycles. The molecule has 2 amide bonds. The molecule has 1 fully saturated rings. The van der Waals surface area contributed by atoms with E-state index in [1.54, 1.807) is 17.0 Å². The Kier molecular flexibility index (Phi) is 4.86. The molecule has 0 bridgehead atoms. The Bertz CT molecular complexity index is 758. The second-order valence-electron chi connectivity index (χ2n) is 6.04. The molecule has 0 aromatic heterocycles. The standard InChI is InChI=1S/C19H19ClN2O2/c1-13-4-2-3-5-17(13)22-12-15(10-18(22)23)19(24)21-11-14-6-8-16(20)9-7-14/h2-9,15H,10-12H2,1H3,(H,21,24)/t15-/m0/s1. The van der Waals surface area contributed by atoms with E-state index in [4.69, 9.17) is 11.6 Å². The molecule has 2 aromatic rings. The summed E-state index contributed by atoms with van der Waals surface area (Å²) in [6.07, 6.45) is 0.251. The van der Waals surface area contributed by atoms with Crippen LogP contribution >= 0.6 is 11.6 Å². The largest absolute Gasteiger partial charge is 0.352 e. The van der Waals surface area contributed by atoms with Gasteiger partial charge in [-0.2, -0.15) is 0 Å². The van der Waals surface area contributed by atoms with Crippen LogP contribution < -0.4 is 10.2 Å². The number of benzene rings is 2. The molecule has 1 N–H and O–H groups in total. The van der Waals surface area contributed by atoms with Crippen molar-refractivity contribution in [1.82, 2.24) is 5.32 Å². The van der Waals surface area contributed by atoms with Crippen LogP contribution in [0, 0.1) is 12.8 Å². The molecule has 24 heavy (non-hydrogen) atoms. The zero-order chi connectivity index (χ0) is 17.1. The van der Waals surface area contributed by atoms with Crippen LogP contribution in [0.25, 0.3) is 0 Å². The Morgan fingerprint density at radius 1 is 1.21 bits per heavy atom. The number of amides is 2. The molecule has 2 aromatic carbocycles. The molecule has 0 unspecified atom stereocenters. The third kappa shape index (κ3) is 3.60. The normalized spacial score (nSPS) is 17.2. The van der Waals surface area contributed by atoms with E-state index < -0.39 is 0 Å². The van der Waals surface area contributed by atoms with Gasteiger partial charge in [0.25, 0.3) is 0 Å². The average molecular weight is 343 g/mol. The molecular weight excluding hydrogens is 324 g/mol. The van der Waals surface area contributed by atoms with Crippen molar-refractivity contribution in [3.05, 3.63) is 64.7 Å². The highest BCUT2D eigenvalue weighted by atomic mass is 35.5. The third-order valence-corrected chi connectivity index (χ3v) is 4.53. The lowest BCUT2D eigenvalue weighted by atomic mass is 10.1. The zero-order valence-corrected chi connectivity index (χ0v) is 14.2. The first kappa shape index (κ1) is 16.5. The van der Waals surface area contributed by atoms with Gasteiger partial charge in [0.1, 0.15) is 0 Å². The fraction of sp³-hybridized carbons (Fsp3) is 0.263. The predicted molar refractivity (Wildman–Crippen MR) is 94.9 cm³/mol. The number of para-hydroxylation sites is 1. The summed E-state index contributed by atoms with van der Waals surface area (Å²) in [5.41, 5.74) is 2.90. The van der Waals surface area contributed by atoms with E-state index in [1.165, 1.54) is 0 Å². The van der Waals surface area contributed by atoms with Crippen LogP contribution in [0.15, 0.2) is 48.5 Å². The number of carbonyl (C=O) groups is 2. The van der Waals surface area contributed by atoms with Crippen LogP contribution in [-0.2, 0) is 16.1 Å². The summed E-state index contributed by atoms with van der Waals surface area (Å²) in [6, 6.07) is 15.1. The Morgan fingerprint density at radius 3 is 2.62 bits per heavy atom. The smallest absolute Gasteiger partial charge is 0.227 e. The summed E-state index contributed by atoms with van der Waals surface area (Å²) in [4.78, 5) is 26.4.